The largest absolute Gasteiger partial charge is 0.375 e. The number of carbonyl (C=O) groups is 1. The van der Waals surface area contributed by atoms with Crippen molar-refractivity contribution in [1.29, 1.82) is 0 Å². The standard InChI is InChI=1S/C31H38F2N6O2/c1-18-9-23(10-19(2)29(18)33)30(40)36-27-11-25(24-13-34-31(35-14-24)38-7-8-41-22(5)17-38)26(32)12-28(27)39-15-20(3)37(6)21(4)16-39/h9-14,20-22H,7-8,15-17H2,1-6H3,(H,36,40)/t20-,21+,22-/m1/s1. The zero-order chi connectivity index (χ0) is 29.4. The van der Waals surface area contributed by atoms with E-state index in [9.17, 15) is 9.18 Å². The summed E-state index contributed by atoms with van der Waals surface area (Å²) >= 11 is 0. The van der Waals surface area contributed by atoms with Crippen LogP contribution in [0.25, 0.3) is 11.1 Å². The van der Waals surface area contributed by atoms with E-state index < -0.39 is 11.7 Å². The molecule has 0 saturated carbocycles. The van der Waals surface area contributed by atoms with Crippen LogP contribution in [-0.4, -0.2) is 78.8 Å². The maximum Gasteiger partial charge on any atom is 0.255 e. The van der Waals surface area contributed by atoms with Crippen LogP contribution < -0.4 is 15.1 Å². The molecule has 1 amide bonds. The molecule has 0 radical (unpaired) electrons. The van der Waals surface area contributed by atoms with E-state index in [0.29, 0.717) is 72.4 Å². The van der Waals surface area contributed by atoms with Gasteiger partial charge in [-0.3, -0.25) is 9.69 Å². The maximum atomic E-state index is 15.8. The molecule has 218 valence electrons. The van der Waals surface area contributed by atoms with Crippen molar-refractivity contribution in [3.8, 4) is 11.1 Å². The molecule has 2 aliphatic heterocycles. The zero-order valence-corrected chi connectivity index (χ0v) is 24.5. The Kier molecular flexibility index (Phi) is 8.24. The van der Waals surface area contributed by atoms with Gasteiger partial charge >= 0.3 is 0 Å². The van der Waals surface area contributed by atoms with Gasteiger partial charge < -0.3 is 19.9 Å². The van der Waals surface area contributed by atoms with Crippen molar-refractivity contribution >= 4 is 23.2 Å². The molecular formula is C31H38F2N6O2. The molecule has 0 aliphatic carbocycles. The number of nitrogens with zero attached hydrogens (tertiary/aromatic N) is 5. The number of hydrogen-bond donors (Lipinski definition) is 1. The van der Waals surface area contributed by atoms with Crippen LogP contribution in [0.5, 0.6) is 0 Å². The number of nitrogens with one attached hydrogen (secondary N) is 1. The second kappa shape index (κ2) is 11.7. The lowest BCUT2D eigenvalue weighted by Crippen LogP contribution is -2.55. The van der Waals surface area contributed by atoms with E-state index in [1.807, 2.05) is 11.8 Å². The molecule has 5 rings (SSSR count). The van der Waals surface area contributed by atoms with Crippen molar-refractivity contribution in [3.63, 3.8) is 0 Å². The molecular weight excluding hydrogens is 526 g/mol. The maximum absolute atomic E-state index is 15.8. The number of benzene rings is 2. The third-order valence-corrected chi connectivity index (χ3v) is 8.21. The first-order valence-corrected chi connectivity index (χ1v) is 14.1. The van der Waals surface area contributed by atoms with Crippen molar-refractivity contribution in [2.75, 3.05) is 55.0 Å². The predicted molar refractivity (Wildman–Crippen MR) is 158 cm³/mol. The fraction of sp³-hybridized carbons (Fsp3) is 0.452. The average molecular weight is 565 g/mol. The lowest BCUT2D eigenvalue weighted by atomic mass is 10.0. The van der Waals surface area contributed by atoms with Gasteiger partial charge in [0.15, 0.2) is 0 Å². The van der Waals surface area contributed by atoms with Gasteiger partial charge in [0.2, 0.25) is 5.95 Å². The highest BCUT2D eigenvalue weighted by Crippen LogP contribution is 2.36. The van der Waals surface area contributed by atoms with E-state index in [1.165, 1.54) is 18.2 Å². The first-order valence-electron chi connectivity index (χ1n) is 14.1. The van der Waals surface area contributed by atoms with Gasteiger partial charge in [0.25, 0.3) is 5.91 Å². The van der Waals surface area contributed by atoms with Crippen LogP contribution in [0, 0.1) is 25.5 Å². The molecule has 10 heteroatoms. The molecule has 8 nitrogen and oxygen atoms in total. The molecule has 2 aromatic carbocycles. The Morgan fingerprint density at radius 1 is 0.951 bits per heavy atom. The summed E-state index contributed by atoms with van der Waals surface area (Å²) in [6, 6.07) is 6.65. The van der Waals surface area contributed by atoms with Crippen molar-refractivity contribution in [3.05, 3.63) is 65.0 Å². The molecule has 3 aromatic rings. The zero-order valence-electron chi connectivity index (χ0n) is 24.5. The summed E-state index contributed by atoms with van der Waals surface area (Å²) in [5.41, 5.74) is 2.98. The van der Waals surface area contributed by atoms with E-state index in [1.54, 1.807) is 32.3 Å². The van der Waals surface area contributed by atoms with Crippen molar-refractivity contribution < 1.29 is 18.3 Å². The van der Waals surface area contributed by atoms with Crippen LogP contribution in [-0.2, 0) is 4.74 Å². The van der Waals surface area contributed by atoms with E-state index in [0.717, 1.165) is 0 Å². The summed E-state index contributed by atoms with van der Waals surface area (Å²) in [4.78, 5) is 28.9. The lowest BCUT2D eigenvalue weighted by molar-refractivity contribution is 0.0526. The fourth-order valence-corrected chi connectivity index (χ4v) is 5.64. The van der Waals surface area contributed by atoms with Crippen molar-refractivity contribution in [2.45, 2.75) is 52.8 Å². The van der Waals surface area contributed by atoms with Gasteiger partial charge in [0.05, 0.1) is 24.1 Å². The summed E-state index contributed by atoms with van der Waals surface area (Å²) < 4.78 is 35.7. The number of anilines is 3. The number of halogens is 2. The number of aromatic nitrogens is 2. The van der Waals surface area contributed by atoms with Crippen LogP contribution in [0.15, 0.2) is 36.7 Å². The smallest absolute Gasteiger partial charge is 0.255 e. The van der Waals surface area contributed by atoms with Crippen LogP contribution in [0.1, 0.15) is 42.3 Å². The van der Waals surface area contributed by atoms with Gasteiger partial charge in [-0.15, -0.1) is 0 Å². The summed E-state index contributed by atoms with van der Waals surface area (Å²) in [6.45, 7) is 12.8. The number of carbonyl (C=O) groups excluding carboxylic acids is 1. The van der Waals surface area contributed by atoms with Gasteiger partial charge in [0.1, 0.15) is 11.6 Å². The molecule has 2 fully saturated rings. The molecule has 0 unspecified atom stereocenters. The minimum atomic E-state index is -0.429. The van der Waals surface area contributed by atoms with Gasteiger partial charge in [0, 0.05) is 67.3 Å². The minimum absolute atomic E-state index is 0.0804. The Morgan fingerprint density at radius 2 is 1.59 bits per heavy atom. The number of ether oxygens (including phenoxy) is 1. The van der Waals surface area contributed by atoms with Crippen LogP contribution >= 0.6 is 0 Å². The van der Waals surface area contributed by atoms with E-state index in [-0.39, 0.29) is 29.6 Å². The molecule has 41 heavy (non-hydrogen) atoms. The monoisotopic (exact) mass is 564 g/mol. The SMILES string of the molecule is Cc1cc(C(=O)Nc2cc(-c3cnc(N4CCO[C@H](C)C4)nc3)c(F)cc2N2C[C@@H](C)N(C)[C@@H](C)C2)cc(C)c1F. The molecule has 3 atom stereocenters. The van der Waals surface area contributed by atoms with Gasteiger partial charge in [-0.1, -0.05) is 0 Å². The number of morpholine rings is 1. The highest BCUT2D eigenvalue weighted by Gasteiger charge is 2.29. The van der Waals surface area contributed by atoms with E-state index in [2.05, 4.69) is 46.0 Å². The van der Waals surface area contributed by atoms with Crippen LogP contribution in [0.2, 0.25) is 0 Å². The summed E-state index contributed by atoms with van der Waals surface area (Å²) in [7, 11) is 2.08. The summed E-state index contributed by atoms with van der Waals surface area (Å²) in [5.74, 6) is -0.584. The average Bonchev–Trinajstić information content (AvgIpc) is 2.95. The number of piperazine rings is 1. The highest BCUT2D eigenvalue weighted by molar-refractivity contribution is 6.06. The fourth-order valence-electron chi connectivity index (χ4n) is 5.64. The Labute approximate surface area is 240 Å². The van der Waals surface area contributed by atoms with Crippen LogP contribution in [0.4, 0.5) is 26.1 Å². The van der Waals surface area contributed by atoms with Gasteiger partial charge in [-0.05, 0) is 77.1 Å². The number of aryl methyl sites for hydroxylation is 2. The molecule has 1 N–H and O–H groups in total. The Bertz CT molecular complexity index is 1400. The normalized spacial score (nSPS) is 21.7. The topological polar surface area (TPSA) is 73.8 Å². The Hall–Kier alpha value is -3.63. The van der Waals surface area contributed by atoms with E-state index in [4.69, 9.17) is 4.74 Å². The van der Waals surface area contributed by atoms with Crippen molar-refractivity contribution in [2.24, 2.45) is 0 Å². The second-order valence-corrected chi connectivity index (χ2v) is 11.4. The van der Waals surface area contributed by atoms with Crippen LogP contribution in [0.3, 0.4) is 0 Å². The quantitative estimate of drug-likeness (QED) is 0.465. The first-order chi connectivity index (χ1) is 19.5. The number of likely N-dealkylation sites (N-methyl/N-ethyl adjacent to an activating group) is 1. The Morgan fingerprint density at radius 3 is 2.20 bits per heavy atom. The highest BCUT2D eigenvalue weighted by atomic mass is 19.1. The molecule has 2 saturated heterocycles. The first kappa shape index (κ1) is 28.9. The molecule has 1 aromatic heterocycles. The summed E-state index contributed by atoms with van der Waals surface area (Å²) in [6.07, 6.45) is 3.30. The van der Waals surface area contributed by atoms with Gasteiger partial charge in [-0.25, -0.2) is 18.7 Å². The van der Waals surface area contributed by atoms with Crippen molar-refractivity contribution in [1.82, 2.24) is 14.9 Å². The summed E-state index contributed by atoms with van der Waals surface area (Å²) in [5, 5.41) is 3.00. The Balaban J connectivity index is 1.51. The number of hydrogen-bond acceptors (Lipinski definition) is 7. The minimum Gasteiger partial charge on any atom is -0.375 e. The molecule has 3 heterocycles. The predicted octanol–water partition coefficient (Wildman–Crippen LogP) is 5.04. The lowest BCUT2D eigenvalue weighted by Gasteiger charge is -2.44. The van der Waals surface area contributed by atoms with Gasteiger partial charge in [-0.2, -0.15) is 0 Å². The third kappa shape index (κ3) is 6.04. The second-order valence-electron chi connectivity index (χ2n) is 11.4. The van der Waals surface area contributed by atoms with E-state index >= 15 is 4.39 Å². The number of amides is 1. The molecule has 2 aliphatic rings. The number of rotatable bonds is 5. The molecule has 0 bridgehead atoms. The third-order valence-electron chi connectivity index (χ3n) is 8.21. The molecule has 0 spiro atoms.